The van der Waals surface area contributed by atoms with E-state index in [4.69, 9.17) is 5.11 Å². The fraction of sp³-hybridized carbons (Fsp3) is 0.0952. The summed E-state index contributed by atoms with van der Waals surface area (Å²) in [5.41, 5.74) is -0.284. The average Bonchev–Trinajstić information content (AvgIpc) is 3.03. The number of benzene rings is 3. The number of carbonyl (C=O) groups excluding carboxylic acids is 1. The van der Waals surface area contributed by atoms with Crippen LogP contribution in [0.5, 0.6) is 0 Å². The van der Waals surface area contributed by atoms with Crippen LogP contribution in [0.1, 0.15) is 22.8 Å². The molecule has 8 heteroatoms. The van der Waals surface area contributed by atoms with Crippen molar-refractivity contribution in [1.29, 1.82) is 0 Å². The third kappa shape index (κ3) is 3.15. The highest BCUT2D eigenvalue weighted by atomic mass is 16.5. The molecule has 0 radical (unpaired) electrons. The van der Waals surface area contributed by atoms with Crippen LogP contribution in [0.25, 0.3) is 10.8 Å². The van der Waals surface area contributed by atoms with Crippen molar-refractivity contribution in [2.75, 3.05) is 5.17 Å². The SMILES string of the molecule is CC1(c2ccc(C(=O)O)cc2)N=NC(=O)C1=NN(O)c1cccc2ccccc12. The molecule has 1 amide bonds. The molecule has 1 heterocycles. The maximum atomic E-state index is 12.3. The molecule has 3 aromatic carbocycles. The number of amides is 1. The first kappa shape index (κ1) is 18.5. The van der Waals surface area contributed by atoms with Crippen molar-refractivity contribution < 1.29 is 19.9 Å². The summed E-state index contributed by atoms with van der Waals surface area (Å²) >= 11 is 0. The highest BCUT2D eigenvalue weighted by molar-refractivity contribution is 6.43. The predicted octanol–water partition coefficient (Wildman–Crippen LogP) is 4.00. The zero-order valence-corrected chi connectivity index (χ0v) is 15.4. The minimum absolute atomic E-state index is 0.0731. The normalized spacial score (nSPS) is 19.8. The van der Waals surface area contributed by atoms with Gasteiger partial charge < -0.3 is 5.11 Å². The first-order valence-corrected chi connectivity index (χ1v) is 8.77. The molecular weight excluding hydrogens is 372 g/mol. The Kier molecular flexibility index (Phi) is 4.40. The standard InChI is InChI=1S/C21H16N4O4/c1-21(15-11-9-14(10-12-15)20(27)28)18(19(26)22-24-21)23-25(29)17-8-4-6-13-5-2-3-7-16(13)17/h2-12,29H,1H3,(H,27,28). The number of hydrogen-bond acceptors (Lipinski definition) is 6. The molecule has 144 valence electrons. The monoisotopic (exact) mass is 388 g/mol. The number of nitrogens with zero attached hydrogens (tertiary/aromatic N) is 4. The van der Waals surface area contributed by atoms with Gasteiger partial charge in [0.1, 0.15) is 0 Å². The Morgan fingerprint density at radius 3 is 2.45 bits per heavy atom. The van der Waals surface area contributed by atoms with E-state index >= 15 is 0 Å². The van der Waals surface area contributed by atoms with Crippen molar-refractivity contribution in [3.8, 4) is 0 Å². The predicted molar refractivity (Wildman–Crippen MR) is 106 cm³/mol. The largest absolute Gasteiger partial charge is 0.478 e. The van der Waals surface area contributed by atoms with Crippen LogP contribution < -0.4 is 5.17 Å². The van der Waals surface area contributed by atoms with Crippen LogP contribution in [0.3, 0.4) is 0 Å². The molecule has 8 nitrogen and oxygen atoms in total. The summed E-state index contributed by atoms with van der Waals surface area (Å²) in [4.78, 5) is 23.4. The molecule has 1 atom stereocenters. The Balaban J connectivity index is 1.76. The van der Waals surface area contributed by atoms with Crippen molar-refractivity contribution >= 4 is 34.0 Å². The van der Waals surface area contributed by atoms with E-state index in [2.05, 4.69) is 15.3 Å². The van der Waals surface area contributed by atoms with Crippen LogP contribution in [-0.4, -0.2) is 27.9 Å². The van der Waals surface area contributed by atoms with Gasteiger partial charge in [-0.1, -0.05) is 48.5 Å². The van der Waals surface area contributed by atoms with Gasteiger partial charge in [-0.2, -0.15) is 5.11 Å². The summed E-state index contributed by atoms with van der Waals surface area (Å²) in [5.74, 6) is -1.73. The molecule has 0 aliphatic carbocycles. The van der Waals surface area contributed by atoms with Crippen molar-refractivity contribution in [3.05, 3.63) is 77.9 Å². The lowest BCUT2D eigenvalue weighted by molar-refractivity contribution is -0.111. The second kappa shape index (κ2) is 6.92. The fourth-order valence-corrected chi connectivity index (χ4v) is 3.25. The lowest BCUT2D eigenvalue weighted by Gasteiger charge is -2.22. The molecule has 0 aromatic heterocycles. The van der Waals surface area contributed by atoms with Gasteiger partial charge in [-0.3, -0.25) is 10.0 Å². The number of fused-ring (bicyclic) bond motifs is 1. The lowest BCUT2D eigenvalue weighted by atomic mass is 9.88. The topological polar surface area (TPSA) is 115 Å². The van der Waals surface area contributed by atoms with Gasteiger partial charge in [0.05, 0.1) is 11.3 Å². The molecule has 0 fully saturated rings. The number of aromatic carboxylic acids is 1. The Morgan fingerprint density at radius 1 is 1.03 bits per heavy atom. The molecule has 0 spiro atoms. The van der Waals surface area contributed by atoms with Crippen molar-refractivity contribution in [2.45, 2.75) is 12.5 Å². The van der Waals surface area contributed by atoms with Crippen LogP contribution in [-0.2, 0) is 10.3 Å². The van der Waals surface area contributed by atoms with E-state index in [1.165, 1.54) is 12.1 Å². The van der Waals surface area contributed by atoms with Gasteiger partial charge in [-0.15, -0.1) is 15.4 Å². The summed E-state index contributed by atoms with van der Waals surface area (Å²) in [6.07, 6.45) is 0. The first-order valence-electron chi connectivity index (χ1n) is 8.77. The minimum atomic E-state index is -1.25. The summed E-state index contributed by atoms with van der Waals surface area (Å²) in [6.45, 7) is 1.63. The summed E-state index contributed by atoms with van der Waals surface area (Å²) < 4.78 is 0. The van der Waals surface area contributed by atoms with Gasteiger partial charge >= 0.3 is 11.9 Å². The van der Waals surface area contributed by atoms with Gasteiger partial charge in [-0.05, 0) is 36.1 Å². The van der Waals surface area contributed by atoms with E-state index in [1.54, 1.807) is 31.2 Å². The second-order valence-corrected chi connectivity index (χ2v) is 6.70. The zero-order chi connectivity index (χ0) is 20.6. The summed E-state index contributed by atoms with van der Waals surface area (Å²) in [7, 11) is 0. The van der Waals surface area contributed by atoms with Crippen molar-refractivity contribution in [1.82, 2.24) is 0 Å². The Morgan fingerprint density at radius 2 is 1.72 bits per heavy atom. The smallest absolute Gasteiger partial charge is 0.335 e. The molecule has 0 saturated heterocycles. The van der Waals surface area contributed by atoms with Crippen LogP contribution in [0.15, 0.2) is 82.1 Å². The van der Waals surface area contributed by atoms with Crippen LogP contribution in [0.4, 0.5) is 5.69 Å². The number of carboxylic acid groups (broad SMARTS) is 1. The number of rotatable bonds is 4. The van der Waals surface area contributed by atoms with Crippen LogP contribution >= 0.6 is 0 Å². The fourth-order valence-electron chi connectivity index (χ4n) is 3.25. The molecule has 1 aliphatic rings. The third-order valence-corrected chi connectivity index (χ3v) is 4.88. The highest BCUT2D eigenvalue weighted by Gasteiger charge is 2.43. The number of carboxylic acids is 1. The van der Waals surface area contributed by atoms with E-state index < -0.39 is 17.4 Å². The van der Waals surface area contributed by atoms with E-state index in [-0.39, 0.29) is 11.3 Å². The molecule has 29 heavy (non-hydrogen) atoms. The van der Waals surface area contributed by atoms with Crippen LogP contribution in [0.2, 0.25) is 0 Å². The summed E-state index contributed by atoms with van der Waals surface area (Å²) in [6, 6.07) is 18.8. The van der Waals surface area contributed by atoms with Gasteiger partial charge in [0.25, 0.3) is 0 Å². The molecular formula is C21H16N4O4. The Hall–Kier alpha value is -3.91. The number of azo groups is 1. The van der Waals surface area contributed by atoms with Crippen LogP contribution in [0, 0.1) is 0 Å². The van der Waals surface area contributed by atoms with E-state index in [0.717, 1.165) is 10.8 Å². The van der Waals surface area contributed by atoms with E-state index in [1.807, 2.05) is 30.3 Å². The average molecular weight is 388 g/mol. The molecule has 3 aromatic rings. The zero-order valence-electron chi connectivity index (χ0n) is 15.4. The third-order valence-electron chi connectivity index (χ3n) is 4.88. The first-order chi connectivity index (χ1) is 13.9. The van der Waals surface area contributed by atoms with E-state index in [0.29, 0.717) is 16.4 Å². The molecule has 0 saturated carbocycles. The maximum absolute atomic E-state index is 12.3. The number of hydrazone groups is 1. The number of hydrogen-bond donors (Lipinski definition) is 2. The Bertz CT molecular complexity index is 1180. The minimum Gasteiger partial charge on any atom is -0.478 e. The molecule has 1 aliphatic heterocycles. The van der Waals surface area contributed by atoms with Gasteiger partial charge in [0.2, 0.25) is 0 Å². The highest BCUT2D eigenvalue weighted by Crippen LogP contribution is 2.34. The van der Waals surface area contributed by atoms with Crippen molar-refractivity contribution in [2.24, 2.45) is 15.3 Å². The molecule has 4 rings (SSSR count). The Labute approximate surface area is 165 Å². The molecule has 0 bridgehead atoms. The molecule has 1 unspecified atom stereocenters. The van der Waals surface area contributed by atoms with Gasteiger partial charge in [-0.25, -0.2) is 4.79 Å². The maximum Gasteiger partial charge on any atom is 0.335 e. The van der Waals surface area contributed by atoms with Gasteiger partial charge in [0.15, 0.2) is 11.3 Å². The number of carbonyl (C=O) groups is 2. The second-order valence-electron chi connectivity index (χ2n) is 6.70. The van der Waals surface area contributed by atoms with Gasteiger partial charge in [0, 0.05) is 5.39 Å². The quantitative estimate of drug-likeness (QED) is 0.656. The molecule has 2 N–H and O–H groups in total. The van der Waals surface area contributed by atoms with Crippen molar-refractivity contribution in [3.63, 3.8) is 0 Å². The summed E-state index contributed by atoms with van der Waals surface area (Å²) in [5, 5.41) is 33.8. The number of anilines is 1. The van der Waals surface area contributed by atoms with E-state index in [9.17, 15) is 14.8 Å². The lowest BCUT2D eigenvalue weighted by Crippen LogP contribution is -2.33.